The first-order valence-corrected chi connectivity index (χ1v) is 4.71. The van der Waals surface area contributed by atoms with E-state index in [1.165, 1.54) is 5.23 Å². The van der Waals surface area contributed by atoms with Crippen LogP contribution in [0, 0.1) is 0 Å². The molecule has 0 heterocycles. The van der Waals surface area contributed by atoms with E-state index < -0.39 is 0 Å². The van der Waals surface area contributed by atoms with E-state index in [1.807, 2.05) is 18.2 Å². The van der Waals surface area contributed by atoms with Crippen molar-refractivity contribution in [3.8, 4) is 0 Å². The molecule has 16 heavy (non-hydrogen) atoms. The normalized spacial score (nSPS) is 9.62. The molecule has 6 heteroatoms. The van der Waals surface area contributed by atoms with E-state index in [1.54, 1.807) is 12.1 Å². The van der Waals surface area contributed by atoms with Gasteiger partial charge in [0, 0.05) is 0 Å². The average molecular weight is 250 g/mol. The Labute approximate surface area is 101 Å². The van der Waals surface area contributed by atoms with Gasteiger partial charge in [-0.15, -0.1) is 17.6 Å². The van der Waals surface area contributed by atoms with Crippen LogP contribution in [0.1, 0.15) is 0 Å². The van der Waals surface area contributed by atoms with E-state index in [0.29, 0.717) is 5.69 Å². The van der Waals surface area contributed by atoms with Crippen LogP contribution in [0.2, 0.25) is 0 Å². The number of hydrogen-bond donors (Lipinski definition) is 2. The van der Waals surface area contributed by atoms with Crippen molar-refractivity contribution in [1.29, 1.82) is 0 Å². The Hall–Kier alpha value is -0.850. The van der Waals surface area contributed by atoms with E-state index in [4.69, 9.17) is 19.9 Å². The molecule has 0 saturated heterocycles. The van der Waals surface area contributed by atoms with Crippen LogP contribution < -0.4 is 5.23 Å². The van der Waals surface area contributed by atoms with Crippen molar-refractivity contribution in [1.82, 2.24) is 0 Å². The van der Waals surface area contributed by atoms with Crippen LogP contribution in [0.5, 0.6) is 0 Å². The van der Waals surface area contributed by atoms with Gasteiger partial charge in [0.05, 0.1) is 18.9 Å². The van der Waals surface area contributed by atoms with Gasteiger partial charge in [0.1, 0.15) is 13.2 Å². The Bertz CT molecular complexity index is 252. The minimum Gasteiger partial charge on any atom is -0.394 e. The molecule has 0 bridgehead atoms. The van der Waals surface area contributed by atoms with Gasteiger partial charge in [-0.05, 0) is 12.1 Å². The number of nitrogens with zero attached hydrogens (tertiary/aromatic N) is 1. The van der Waals surface area contributed by atoms with Crippen LogP contribution in [-0.4, -0.2) is 36.6 Å². The van der Waals surface area contributed by atoms with E-state index in [-0.39, 0.29) is 38.8 Å². The van der Waals surface area contributed by atoms with Crippen molar-refractivity contribution in [2.45, 2.75) is 0 Å². The zero-order valence-electron chi connectivity index (χ0n) is 8.78. The van der Waals surface area contributed by atoms with E-state index in [9.17, 15) is 0 Å². The van der Waals surface area contributed by atoms with E-state index >= 15 is 0 Å². The molecule has 0 saturated carbocycles. The van der Waals surface area contributed by atoms with Gasteiger partial charge in [0.15, 0.2) is 0 Å². The molecule has 0 aliphatic heterocycles. The molecule has 0 unspecified atom stereocenters. The zero-order chi connectivity index (χ0) is 10.9. The summed E-state index contributed by atoms with van der Waals surface area (Å²) in [5.41, 5.74) is 0.708. The fourth-order valence-corrected chi connectivity index (χ4v) is 0.984. The molecule has 0 amide bonds. The number of para-hydroxylation sites is 1. The second-order valence-electron chi connectivity index (χ2n) is 2.71. The lowest BCUT2D eigenvalue weighted by Crippen LogP contribution is -2.26. The van der Waals surface area contributed by atoms with Crippen molar-refractivity contribution in [3.63, 3.8) is 0 Å². The maximum absolute atomic E-state index is 8.63. The summed E-state index contributed by atoms with van der Waals surface area (Å²) < 4.78 is 0. The zero-order valence-corrected chi connectivity index (χ0v) is 9.60. The highest BCUT2D eigenvalue weighted by Crippen LogP contribution is 2.13. The summed E-state index contributed by atoms with van der Waals surface area (Å²) in [7, 11) is 0. The molecular weight excluding hydrogens is 234 g/mol. The Kier molecular flexibility index (Phi) is 8.88. The Morgan fingerprint density at radius 2 is 1.44 bits per heavy atom. The minimum absolute atomic E-state index is 0. The first-order chi connectivity index (χ1) is 7.38. The molecule has 5 nitrogen and oxygen atoms in total. The van der Waals surface area contributed by atoms with Crippen molar-refractivity contribution in [3.05, 3.63) is 30.3 Å². The van der Waals surface area contributed by atoms with Crippen molar-refractivity contribution in [2.75, 3.05) is 31.7 Å². The monoisotopic (exact) mass is 249 g/mol. The van der Waals surface area contributed by atoms with Gasteiger partial charge in [-0.25, -0.2) is 9.68 Å². The molecular formula is C10H16ClNO4. The molecule has 0 atom stereocenters. The summed E-state index contributed by atoms with van der Waals surface area (Å²) in [5.74, 6) is 0. The Morgan fingerprint density at radius 3 is 1.88 bits per heavy atom. The maximum atomic E-state index is 8.63. The van der Waals surface area contributed by atoms with Gasteiger partial charge >= 0.3 is 0 Å². The first kappa shape index (κ1) is 15.2. The number of hydrogen-bond acceptors (Lipinski definition) is 5. The molecule has 0 fully saturated rings. The maximum Gasteiger partial charge on any atom is 0.101 e. The van der Waals surface area contributed by atoms with Crippen LogP contribution >= 0.6 is 12.4 Å². The second kappa shape index (κ2) is 9.38. The number of aliphatic hydroxyl groups is 2. The van der Waals surface area contributed by atoms with Crippen LogP contribution in [0.3, 0.4) is 0 Å². The molecule has 0 aliphatic carbocycles. The predicted octanol–water partition coefficient (Wildman–Crippen LogP) is 0.763. The Balaban J connectivity index is 0.00000225. The van der Waals surface area contributed by atoms with Gasteiger partial charge in [-0.3, -0.25) is 0 Å². The largest absolute Gasteiger partial charge is 0.394 e. The number of anilines is 1. The first-order valence-electron chi connectivity index (χ1n) is 4.71. The molecule has 2 N–H and O–H groups in total. The van der Waals surface area contributed by atoms with Crippen molar-refractivity contribution in [2.24, 2.45) is 0 Å². The highest BCUT2D eigenvalue weighted by atomic mass is 35.5. The molecule has 92 valence electrons. The summed E-state index contributed by atoms with van der Waals surface area (Å²) >= 11 is 0. The summed E-state index contributed by atoms with van der Waals surface area (Å²) in [6.45, 7) is 0.0955. The summed E-state index contributed by atoms with van der Waals surface area (Å²) in [5, 5.41) is 18.4. The standard InChI is InChI=1S/C10H15NO4.ClH/c12-6-8-14-11(15-9-7-13)10-4-2-1-3-5-10;/h1-5,12-13H,6-9H2;1H. The number of halogens is 1. The lowest BCUT2D eigenvalue weighted by atomic mass is 10.3. The van der Waals surface area contributed by atoms with Crippen LogP contribution in [-0.2, 0) is 9.68 Å². The fourth-order valence-electron chi connectivity index (χ4n) is 0.984. The van der Waals surface area contributed by atoms with Gasteiger partial charge in [0.25, 0.3) is 0 Å². The minimum atomic E-state index is -0.0914. The second-order valence-corrected chi connectivity index (χ2v) is 2.71. The highest BCUT2D eigenvalue weighted by Gasteiger charge is 2.06. The smallest absolute Gasteiger partial charge is 0.101 e. The lowest BCUT2D eigenvalue weighted by molar-refractivity contribution is -0.103. The Morgan fingerprint density at radius 1 is 0.938 bits per heavy atom. The quantitative estimate of drug-likeness (QED) is 0.699. The molecule has 0 aliphatic rings. The molecule has 0 aromatic heterocycles. The highest BCUT2D eigenvalue weighted by molar-refractivity contribution is 5.85. The molecule has 1 aromatic carbocycles. The average Bonchev–Trinajstić information content (AvgIpc) is 2.30. The third kappa shape index (κ3) is 5.29. The summed E-state index contributed by atoms with van der Waals surface area (Å²) in [4.78, 5) is 10.3. The topological polar surface area (TPSA) is 62.2 Å². The predicted molar refractivity (Wildman–Crippen MR) is 62.2 cm³/mol. The number of aliphatic hydroxyl groups excluding tert-OH is 2. The molecule has 1 rings (SSSR count). The summed E-state index contributed by atoms with van der Waals surface area (Å²) in [6.07, 6.45) is 0. The SMILES string of the molecule is Cl.OCCON(OCCO)c1ccccc1. The van der Waals surface area contributed by atoms with Crippen LogP contribution in [0.4, 0.5) is 5.69 Å². The van der Waals surface area contributed by atoms with Crippen molar-refractivity contribution >= 4 is 18.1 Å². The van der Waals surface area contributed by atoms with Crippen molar-refractivity contribution < 1.29 is 19.9 Å². The van der Waals surface area contributed by atoms with Crippen LogP contribution in [0.15, 0.2) is 30.3 Å². The number of rotatable bonds is 7. The van der Waals surface area contributed by atoms with E-state index in [2.05, 4.69) is 0 Å². The van der Waals surface area contributed by atoms with Gasteiger partial charge < -0.3 is 10.2 Å². The van der Waals surface area contributed by atoms with Crippen LogP contribution in [0.25, 0.3) is 0 Å². The molecule has 0 spiro atoms. The lowest BCUT2D eigenvalue weighted by Gasteiger charge is -2.21. The van der Waals surface area contributed by atoms with Gasteiger partial charge in [-0.1, -0.05) is 18.2 Å². The summed E-state index contributed by atoms with van der Waals surface area (Å²) in [6, 6.07) is 9.16. The third-order valence-electron chi connectivity index (χ3n) is 1.57. The number of benzene rings is 1. The fraction of sp³-hybridized carbons (Fsp3) is 0.400. The van der Waals surface area contributed by atoms with Gasteiger partial charge in [-0.2, -0.15) is 0 Å². The third-order valence-corrected chi connectivity index (χ3v) is 1.57. The molecule has 1 aromatic rings. The van der Waals surface area contributed by atoms with Gasteiger partial charge in [0.2, 0.25) is 0 Å². The molecule has 0 radical (unpaired) electrons. The van der Waals surface area contributed by atoms with E-state index in [0.717, 1.165) is 0 Å².